The van der Waals surface area contributed by atoms with Crippen LogP contribution in [0.15, 0.2) is 36.4 Å². The van der Waals surface area contributed by atoms with Crippen LogP contribution in [-0.2, 0) is 6.18 Å². The smallest absolute Gasteiger partial charge is 0.419 e. The fourth-order valence-corrected chi connectivity index (χ4v) is 1.77. The van der Waals surface area contributed by atoms with E-state index < -0.39 is 23.3 Å². The largest absolute Gasteiger partial charge is 0.507 e. The zero-order chi connectivity index (χ0) is 14.9. The average molecular weight is 281 g/mol. The van der Waals surface area contributed by atoms with Gasteiger partial charge >= 0.3 is 6.18 Å². The number of aromatic hydroxyl groups is 1. The third-order valence-electron chi connectivity index (χ3n) is 2.73. The minimum atomic E-state index is -4.80. The molecule has 0 unspecified atom stereocenters. The van der Waals surface area contributed by atoms with E-state index in [4.69, 9.17) is 5.26 Å². The molecule has 0 radical (unpaired) electrons. The molecule has 2 aromatic carbocycles. The maximum absolute atomic E-state index is 13.9. The van der Waals surface area contributed by atoms with E-state index >= 15 is 0 Å². The van der Waals surface area contributed by atoms with Crippen molar-refractivity contribution in [3.8, 4) is 22.9 Å². The maximum Gasteiger partial charge on any atom is 0.419 e. The quantitative estimate of drug-likeness (QED) is 0.800. The molecule has 0 aromatic heterocycles. The van der Waals surface area contributed by atoms with E-state index in [1.54, 1.807) is 6.07 Å². The summed E-state index contributed by atoms with van der Waals surface area (Å²) >= 11 is 0. The summed E-state index contributed by atoms with van der Waals surface area (Å²) in [6.07, 6.45) is -4.80. The predicted octanol–water partition coefficient (Wildman–Crippen LogP) is 4.09. The van der Waals surface area contributed by atoms with Crippen molar-refractivity contribution in [1.29, 1.82) is 5.26 Å². The molecule has 2 rings (SSSR count). The lowest BCUT2D eigenvalue weighted by Crippen LogP contribution is -2.08. The zero-order valence-electron chi connectivity index (χ0n) is 9.87. The average Bonchev–Trinajstić information content (AvgIpc) is 2.37. The van der Waals surface area contributed by atoms with Crippen LogP contribution in [0.25, 0.3) is 11.1 Å². The van der Waals surface area contributed by atoms with Crippen LogP contribution in [-0.4, -0.2) is 5.11 Å². The van der Waals surface area contributed by atoms with Crippen LogP contribution in [0.1, 0.15) is 11.1 Å². The SMILES string of the molecule is N#Cc1ccc(-c2cccc(C(F)(F)F)c2F)cc1O. The van der Waals surface area contributed by atoms with Crippen molar-refractivity contribution in [2.75, 3.05) is 0 Å². The maximum atomic E-state index is 13.9. The zero-order valence-corrected chi connectivity index (χ0v) is 9.87. The number of nitrogens with zero attached hydrogens (tertiary/aromatic N) is 1. The van der Waals surface area contributed by atoms with E-state index in [0.717, 1.165) is 12.1 Å². The summed E-state index contributed by atoms with van der Waals surface area (Å²) < 4.78 is 51.7. The summed E-state index contributed by atoms with van der Waals surface area (Å²) in [5.41, 5.74) is -1.65. The first-order valence-corrected chi connectivity index (χ1v) is 5.44. The second-order valence-electron chi connectivity index (χ2n) is 4.01. The predicted molar refractivity (Wildman–Crippen MR) is 63.2 cm³/mol. The molecule has 0 saturated carbocycles. The van der Waals surface area contributed by atoms with Crippen LogP contribution in [0.3, 0.4) is 0 Å². The van der Waals surface area contributed by atoms with E-state index in [1.165, 1.54) is 18.2 Å². The lowest BCUT2D eigenvalue weighted by atomic mass is 10.00. The molecule has 20 heavy (non-hydrogen) atoms. The van der Waals surface area contributed by atoms with Crippen LogP contribution in [0, 0.1) is 17.1 Å². The second-order valence-corrected chi connectivity index (χ2v) is 4.01. The molecule has 0 fully saturated rings. The van der Waals surface area contributed by atoms with Crippen molar-refractivity contribution in [3.63, 3.8) is 0 Å². The van der Waals surface area contributed by atoms with Gasteiger partial charge in [0.2, 0.25) is 0 Å². The Morgan fingerprint density at radius 2 is 1.80 bits per heavy atom. The van der Waals surface area contributed by atoms with Gasteiger partial charge < -0.3 is 5.11 Å². The van der Waals surface area contributed by atoms with E-state index in [0.29, 0.717) is 6.07 Å². The topological polar surface area (TPSA) is 44.0 Å². The van der Waals surface area contributed by atoms with E-state index in [2.05, 4.69) is 0 Å². The molecule has 0 amide bonds. The van der Waals surface area contributed by atoms with Crippen molar-refractivity contribution in [2.24, 2.45) is 0 Å². The summed E-state index contributed by atoms with van der Waals surface area (Å²) in [5.74, 6) is -1.83. The first-order chi connectivity index (χ1) is 9.34. The third-order valence-corrected chi connectivity index (χ3v) is 2.73. The molecule has 0 bridgehead atoms. The number of hydrogen-bond acceptors (Lipinski definition) is 2. The molecular weight excluding hydrogens is 274 g/mol. The molecule has 0 heterocycles. The number of phenolic OH excluding ortho intramolecular Hbond substituents is 1. The van der Waals surface area contributed by atoms with E-state index in [9.17, 15) is 22.7 Å². The molecule has 0 aliphatic carbocycles. The first-order valence-electron chi connectivity index (χ1n) is 5.44. The van der Waals surface area contributed by atoms with Crippen molar-refractivity contribution < 1.29 is 22.7 Å². The van der Waals surface area contributed by atoms with Gasteiger partial charge in [-0.3, -0.25) is 0 Å². The normalized spacial score (nSPS) is 11.2. The second kappa shape index (κ2) is 4.85. The number of halogens is 4. The van der Waals surface area contributed by atoms with Crippen LogP contribution < -0.4 is 0 Å². The molecular formula is C14H7F4NO. The van der Waals surface area contributed by atoms with Crippen molar-refractivity contribution in [1.82, 2.24) is 0 Å². The van der Waals surface area contributed by atoms with Gasteiger partial charge in [0, 0.05) is 5.56 Å². The Hall–Kier alpha value is -2.55. The number of alkyl halides is 3. The fourth-order valence-electron chi connectivity index (χ4n) is 1.77. The molecule has 1 N–H and O–H groups in total. The highest BCUT2D eigenvalue weighted by molar-refractivity contribution is 5.68. The Kier molecular flexibility index (Phi) is 3.36. The molecule has 0 aliphatic rings. The summed E-state index contributed by atoms with van der Waals surface area (Å²) in [5, 5.41) is 18.2. The third kappa shape index (κ3) is 2.43. The van der Waals surface area contributed by atoms with Crippen LogP contribution in [0.2, 0.25) is 0 Å². The van der Waals surface area contributed by atoms with Gasteiger partial charge in [-0.15, -0.1) is 0 Å². The number of rotatable bonds is 1. The standard InChI is InChI=1S/C14H7F4NO/c15-13-10(2-1-3-11(13)14(16,17)18)8-4-5-9(7-19)12(20)6-8/h1-6,20H. The highest BCUT2D eigenvalue weighted by Crippen LogP contribution is 2.36. The molecule has 0 aliphatic heterocycles. The lowest BCUT2D eigenvalue weighted by molar-refractivity contribution is -0.139. The number of phenols is 1. The summed E-state index contributed by atoms with van der Waals surface area (Å²) in [4.78, 5) is 0. The summed E-state index contributed by atoms with van der Waals surface area (Å²) in [7, 11) is 0. The van der Waals surface area contributed by atoms with Crippen molar-refractivity contribution >= 4 is 0 Å². The van der Waals surface area contributed by atoms with Gasteiger partial charge in [0.15, 0.2) is 0 Å². The molecule has 2 aromatic rings. The Labute approximate surface area is 111 Å². The lowest BCUT2D eigenvalue weighted by Gasteiger charge is -2.11. The molecule has 0 atom stereocenters. The number of nitriles is 1. The summed E-state index contributed by atoms with van der Waals surface area (Å²) in [6.45, 7) is 0. The fraction of sp³-hybridized carbons (Fsp3) is 0.0714. The Bertz CT molecular complexity index is 701. The molecule has 102 valence electrons. The molecule has 6 heteroatoms. The minimum Gasteiger partial charge on any atom is -0.507 e. The van der Waals surface area contributed by atoms with E-state index in [-0.39, 0.29) is 16.7 Å². The van der Waals surface area contributed by atoms with Gasteiger partial charge in [0.05, 0.1) is 11.1 Å². The summed E-state index contributed by atoms with van der Waals surface area (Å²) in [6, 6.07) is 8.13. The first kappa shape index (κ1) is 13.9. The van der Waals surface area contributed by atoms with Gasteiger partial charge in [0.25, 0.3) is 0 Å². The molecule has 0 spiro atoms. The van der Waals surface area contributed by atoms with Crippen LogP contribution in [0.4, 0.5) is 17.6 Å². The monoisotopic (exact) mass is 281 g/mol. The van der Waals surface area contributed by atoms with Gasteiger partial charge in [-0.2, -0.15) is 18.4 Å². The van der Waals surface area contributed by atoms with Gasteiger partial charge in [0.1, 0.15) is 17.6 Å². The molecule has 2 nitrogen and oxygen atoms in total. The van der Waals surface area contributed by atoms with Crippen LogP contribution in [0.5, 0.6) is 5.75 Å². The van der Waals surface area contributed by atoms with Crippen LogP contribution >= 0.6 is 0 Å². The van der Waals surface area contributed by atoms with Crippen molar-refractivity contribution in [2.45, 2.75) is 6.18 Å². The minimum absolute atomic E-state index is 0.0406. The highest BCUT2D eigenvalue weighted by atomic mass is 19.4. The highest BCUT2D eigenvalue weighted by Gasteiger charge is 2.34. The Morgan fingerprint density at radius 1 is 1.10 bits per heavy atom. The number of benzene rings is 2. The van der Waals surface area contributed by atoms with Gasteiger partial charge in [-0.25, -0.2) is 4.39 Å². The Morgan fingerprint density at radius 3 is 2.35 bits per heavy atom. The van der Waals surface area contributed by atoms with Gasteiger partial charge in [-0.1, -0.05) is 18.2 Å². The van der Waals surface area contributed by atoms with E-state index in [1.807, 2.05) is 0 Å². The van der Waals surface area contributed by atoms with Crippen molar-refractivity contribution in [3.05, 3.63) is 53.3 Å². The Balaban J connectivity index is 2.60. The van der Waals surface area contributed by atoms with Gasteiger partial charge in [-0.05, 0) is 23.8 Å². The molecule has 0 saturated heterocycles. The number of hydrogen-bond donors (Lipinski definition) is 1.